The fourth-order valence-corrected chi connectivity index (χ4v) is 5.62. The quantitative estimate of drug-likeness (QED) is 0.631. The maximum atomic E-state index is 12.4. The molecule has 0 aromatic carbocycles. The zero-order valence-electron chi connectivity index (χ0n) is 15.0. The zero-order chi connectivity index (χ0) is 15.5. The van der Waals surface area contributed by atoms with Crippen LogP contribution < -0.4 is 6.15 Å². The Morgan fingerprint density at radius 3 is 1.30 bits per heavy atom. The van der Waals surface area contributed by atoms with Crippen LogP contribution in [-0.4, -0.2) is 17.2 Å². The average molecular weight is 307 g/mol. The first-order chi connectivity index (χ1) is 8.20. The molecule has 0 radical (unpaired) electrons. The summed E-state index contributed by atoms with van der Waals surface area (Å²) in [6.45, 7) is 17.3. The molecule has 0 rings (SSSR count). The Labute approximate surface area is 127 Å². The highest BCUT2D eigenvalue weighted by molar-refractivity contribution is 7.58. The van der Waals surface area contributed by atoms with E-state index < -0.39 is 7.37 Å². The molecule has 0 fully saturated rings. The van der Waals surface area contributed by atoms with Crippen molar-refractivity contribution in [2.45, 2.75) is 68.2 Å². The van der Waals surface area contributed by atoms with Gasteiger partial charge in [0.1, 0.15) is 0 Å². The Bertz CT molecular complexity index is 287. The van der Waals surface area contributed by atoms with E-state index in [1.807, 2.05) is 0 Å². The normalized spacial score (nSPS) is 18.9. The minimum atomic E-state index is -2.98. The Morgan fingerprint density at radius 1 is 0.850 bits per heavy atom. The van der Waals surface area contributed by atoms with Crippen molar-refractivity contribution in [3.8, 4) is 0 Å². The summed E-state index contributed by atoms with van der Waals surface area (Å²) in [5.74, 6) is 0.635. The van der Waals surface area contributed by atoms with Crippen molar-refractivity contribution in [3.05, 3.63) is 0 Å². The van der Waals surface area contributed by atoms with Crippen LogP contribution in [0.15, 0.2) is 0 Å². The van der Waals surface area contributed by atoms with Crippen LogP contribution in [0.3, 0.4) is 0 Å². The second-order valence-electron chi connectivity index (χ2n) is 8.95. The van der Waals surface area contributed by atoms with Gasteiger partial charge in [0, 0.05) is 12.3 Å². The Kier molecular flexibility index (Phi) is 8.93. The molecule has 0 aromatic rings. The van der Waals surface area contributed by atoms with Gasteiger partial charge in [-0.3, -0.25) is 4.57 Å². The molecule has 0 saturated carbocycles. The summed E-state index contributed by atoms with van der Waals surface area (Å²) in [5, 5.41) is 0. The van der Waals surface area contributed by atoms with Crippen molar-refractivity contribution in [3.63, 3.8) is 0 Å². The van der Waals surface area contributed by atoms with Gasteiger partial charge >= 0.3 is 0 Å². The SMILES string of the molecule is CC(CC(C)(C)C)CP(=O)(O)CC(C)CC(C)(C)C.N. The van der Waals surface area contributed by atoms with Gasteiger partial charge in [-0.05, 0) is 35.5 Å². The summed E-state index contributed by atoms with van der Waals surface area (Å²) in [4.78, 5) is 10.2. The lowest BCUT2D eigenvalue weighted by molar-refractivity contribution is 0.309. The van der Waals surface area contributed by atoms with Crippen molar-refractivity contribution in [1.82, 2.24) is 6.15 Å². The highest BCUT2D eigenvalue weighted by Gasteiger charge is 2.28. The van der Waals surface area contributed by atoms with Crippen LogP contribution in [0.4, 0.5) is 0 Å². The average Bonchev–Trinajstić information content (AvgIpc) is 1.89. The molecule has 0 heterocycles. The third kappa shape index (κ3) is 13.1. The van der Waals surface area contributed by atoms with Gasteiger partial charge in [0.05, 0.1) is 0 Å². The molecule has 20 heavy (non-hydrogen) atoms. The van der Waals surface area contributed by atoms with Gasteiger partial charge < -0.3 is 11.0 Å². The molecule has 4 heteroatoms. The van der Waals surface area contributed by atoms with E-state index in [1.165, 1.54) is 0 Å². The number of rotatable bonds is 6. The van der Waals surface area contributed by atoms with Gasteiger partial charge in [-0.15, -0.1) is 0 Å². The fraction of sp³-hybridized carbons (Fsp3) is 1.00. The summed E-state index contributed by atoms with van der Waals surface area (Å²) in [6, 6.07) is 0. The predicted molar refractivity (Wildman–Crippen MR) is 91.1 cm³/mol. The minimum absolute atomic E-state index is 0. The van der Waals surface area contributed by atoms with Crippen molar-refractivity contribution < 1.29 is 9.46 Å². The third-order valence-electron chi connectivity index (χ3n) is 3.12. The van der Waals surface area contributed by atoms with Crippen LogP contribution in [0, 0.1) is 22.7 Å². The lowest BCUT2D eigenvalue weighted by Crippen LogP contribution is -2.18. The van der Waals surface area contributed by atoms with Gasteiger partial charge in [0.15, 0.2) is 0 Å². The molecule has 0 aliphatic carbocycles. The molecule has 0 spiro atoms. The first kappa shape index (κ1) is 22.4. The van der Waals surface area contributed by atoms with Crippen LogP contribution in [0.1, 0.15) is 68.2 Å². The third-order valence-corrected chi connectivity index (χ3v) is 5.50. The molecule has 0 bridgehead atoms. The van der Waals surface area contributed by atoms with Gasteiger partial charge in [-0.25, -0.2) is 0 Å². The summed E-state index contributed by atoms with van der Waals surface area (Å²) in [5.41, 5.74) is 0.465. The predicted octanol–water partition coefficient (Wildman–Crippen LogP) is 5.56. The summed E-state index contributed by atoms with van der Waals surface area (Å²) < 4.78 is 12.4. The Morgan fingerprint density at radius 2 is 1.10 bits per heavy atom. The fourth-order valence-electron chi connectivity index (χ4n) is 3.27. The second-order valence-corrected chi connectivity index (χ2v) is 11.4. The van der Waals surface area contributed by atoms with Crippen LogP contribution in [0.5, 0.6) is 0 Å². The zero-order valence-corrected chi connectivity index (χ0v) is 15.9. The van der Waals surface area contributed by atoms with E-state index in [9.17, 15) is 9.46 Å². The maximum absolute atomic E-state index is 12.4. The largest absolute Gasteiger partial charge is 0.344 e. The standard InChI is InChI=1S/C16H35O2P.H3N/c1-13(9-15(3,4)5)11-19(17,18)12-14(2)10-16(6,7)8;/h13-14H,9-12H2,1-8H3,(H,17,18);1H3. The Balaban J connectivity index is 0. The molecular weight excluding hydrogens is 269 g/mol. The summed E-state index contributed by atoms with van der Waals surface area (Å²) >= 11 is 0. The lowest BCUT2D eigenvalue weighted by atomic mass is 9.86. The van der Waals surface area contributed by atoms with E-state index in [4.69, 9.17) is 0 Å². The first-order valence-corrected chi connectivity index (χ1v) is 9.54. The minimum Gasteiger partial charge on any atom is -0.344 e. The number of hydrogen-bond donors (Lipinski definition) is 2. The van der Waals surface area contributed by atoms with E-state index in [0.29, 0.717) is 24.2 Å². The van der Waals surface area contributed by atoms with Crippen LogP contribution >= 0.6 is 7.37 Å². The molecule has 2 unspecified atom stereocenters. The summed E-state index contributed by atoms with van der Waals surface area (Å²) in [7, 11) is -2.98. The van der Waals surface area contributed by atoms with Crippen molar-refractivity contribution >= 4 is 7.37 Å². The molecule has 4 N–H and O–H groups in total. The molecule has 0 aliphatic heterocycles. The topological polar surface area (TPSA) is 72.3 Å². The molecule has 0 aromatic heterocycles. The van der Waals surface area contributed by atoms with Gasteiger partial charge in [0.25, 0.3) is 0 Å². The van der Waals surface area contributed by atoms with Crippen LogP contribution in [0.25, 0.3) is 0 Å². The van der Waals surface area contributed by atoms with E-state index in [2.05, 4.69) is 55.4 Å². The first-order valence-electron chi connectivity index (χ1n) is 7.51. The van der Waals surface area contributed by atoms with Crippen molar-refractivity contribution in [2.24, 2.45) is 22.7 Å². The molecule has 124 valence electrons. The molecule has 0 saturated heterocycles. The van der Waals surface area contributed by atoms with Gasteiger partial charge in [0.2, 0.25) is 7.37 Å². The molecule has 2 atom stereocenters. The second kappa shape index (κ2) is 7.96. The van der Waals surface area contributed by atoms with Crippen molar-refractivity contribution in [1.29, 1.82) is 0 Å². The van der Waals surface area contributed by atoms with Crippen molar-refractivity contribution in [2.75, 3.05) is 12.3 Å². The molecule has 3 nitrogen and oxygen atoms in total. The maximum Gasteiger partial charge on any atom is 0.201 e. The van der Waals surface area contributed by atoms with Crippen LogP contribution in [-0.2, 0) is 4.57 Å². The molecular formula is C16H38NO2P. The Hall–Kier alpha value is 0.150. The van der Waals surface area contributed by atoms with E-state index in [1.54, 1.807) is 0 Å². The van der Waals surface area contributed by atoms with E-state index >= 15 is 0 Å². The van der Waals surface area contributed by atoms with E-state index in [0.717, 1.165) is 12.8 Å². The monoisotopic (exact) mass is 307 g/mol. The van der Waals surface area contributed by atoms with E-state index in [-0.39, 0.29) is 17.0 Å². The highest BCUT2D eigenvalue weighted by Crippen LogP contribution is 2.47. The number of hydrogen-bond acceptors (Lipinski definition) is 2. The van der Waals surface area contributed by atoms with Gasteiger partial charge in [-0.2, -0.15) is 0 Å². The van der Waals surface area contributed by atoms with Gasteiger partial charge in [-0.1, -0.05) is 55.4 Å². The summed E-state index contributed by atoms with van der Waals surface area (Å²) in [6.07, 6.45) is 2.95. The van der Waals surface area contributed by atoms with Crippen LogP contribution in [0.2, 0.25) is 0 Å². The lowest BCUT2D eigenvalue weighted by Gasteiger charge is -2.27. The molecule has 0 amide bonds. The highest BCUT2D eigenvalue weighted by atomic mass is 31.2. The smallest absolute Gasteiger partial charge is 0.201 e. The molecule has 0 aliphatic rings.